The van der Waals surface area contributed by atoms with Gasteiger partial charge in [-0.2, -0.15) is 0 Å². The van der Waals surface area contributed by atoms with Gasteiger partial charge in [0.15, 0.2) is 0 Å². The SMILES string of the molecule is CCOCCN1CCC(Cl)C(C)C1. The monoisotopic (exact) mass is 205 g/mol. The van der Waals surface area contributed by atoms with E-state index in [-0.39, 0.29) is 0 Å². The third-order valence-electron chi connectivity index (χ3n) is 2.64. The number of hydrogen-bond donors (Lipinski definition) is 0. The average Bonchev–Trinajstić information content (AvgIpc) is 2.12. The van der Waals surface area contributed by atoms with Crippen LogP contribution in [0.3, 0.4) is 0 Å². The van der Waals surface area contributed by atoms with E-state index in [1.54, 1.807) is 0 Å². The normalized spacial score (nSPS) is 30.7. The average molecular weight is 206 g/mol. The van der Waals surface area contributed by atoms with E-state index >= 15 is 0 Å². The van der Waals surface area contributed by atoms with Gasteiger partial charge >= 0.3 is 0 Å². The van der Waals surface area contributed by atoms with Crippen LogP contribution in [0.4, 0.5) is 0 Å². The fourth-order valence-corrected chi connectivity index (χ4v) is 1.92. The predicted molar refractivity (Wildman–Crippen MR) is 56.4 cm³/mol. The van der Waals surface area contributed by atoms with Crippen molar-refractivity contribution < 1.29 is 4.74 Å². The number of hydrogen-bond acceptors (Lipinski definition) is 2. The maximum absolute atomic E-state index is 6.14. The Bertz CT molecular complexity index is 143. The molecule has 1 aliphatic heterocycles. The van der Waals surface area contributed by atoms with E-state index in [4.69, 9.17) is 16.3 Å². The lowest BCUT2D eigenvalue weighted by Crippen LogP contribution is -2.41. The van der Waals surface area contributed by atoms with Gasteiger partial charge in [0.1, 0.15) is 0 Å². The van der Waals surface area contributed by atoms with Gasteiger partial charge in [-0.1, -0.05) is 6.92 Å². The van der Waals surface area contributed by atoms with E-state index in [2.05, 4.69) is 11.8 Å². The van der Waals surface area contributed by atoms with E-state index in [9.17, 15) is 0 Å². The lowest BCUT2D eigenvalue weighted by Gasteiger charge is -2.33. The van der Waals surface area contributed by atoms with Crippen molar-refractivity contribution in [1.82, 2.24) is 4.90 Å². The van der Waals surface area contributed by atoms with Gasteiger partial charge in [0.05, 0.1) is 6.61 Å². The Labute approximate surface area is 86.2 Å². The summed E-state index contributed by atoms with van der Waals surface area (Å²) < 4.78 is 5.32. The fourth-order valence-electron chi connectivity index (χ4n) is 1.74. The fraction of sp³-hybridized carbons (Fsp3) is 1.00. The summed E-state index contributed by atoms with van der Waals surface area (Å²) in [6.45, 7) is 9.25. The molecule has 0 amide bonds. The van der Waals surface area contributed by atoms with Crippen LogP contribution in [0, 0.1) is 5.92 Å². The Hall–Kier alpha value is 0.210. The molecule has 1 heterocycles. The summed E-state index contributed by atoms with van der Waals surface area (Å²) in [6, 6.07) is 0. The van der Waals surface area contributed by atoms with Gasteiger partial charge < -0.3 is 9.64 Å². The van der Waals surface area contributed by atoms with Crippen LogP contribution in [0.1, 0.15) is 20.3 Å². The molecule has 0 aromatic heterocycles. The number of likely N-dealkylation sites (tertiary alicyclic amines) is 1. The molecule has 0 bridgehead atoms. The number of ether oxygens (including phenoxy) is 1. The van der Waals surface area contributed by atoms with Crippen LogP contribution in [0.2, 0.25) is 0 Å². The van der Waals surface area contributed by atoms with Crippen molar-refractivity contribution in [2.24, 2.45) is 5.92 Å². The topological polar surface area (TPSA) is 12.5 Å². The van der Waals surface area contributed by atoms with E-state index < -0.39 is 0 Å². The van der Waals surface area contributed by atoms with Gasteiger partial charge in [0, 0.05) is 25.1 Å². The van der Waals surface area contributed by atoms with Crippen molar-refractivity contribution in [1.29, 1.82) is 0 Å². The second-order valence-corrected chi connectivity index (χ2v) is 4.34. The lowest BCUT2D eigenvalue weighted by atomic mass is 10.00. The quantitative estimate of drug-likeness (QED) is 0.514. The van der Waals surface area contributed by atoms with Gasteiger partial charge in [-0.25, -0.2) is 0 Å². The van der Waals surface area contributed by atoms with Gasteiger partial charge in [-0.3, -0.25) is 0 Å². The number of nitrogens with zero attached hydrogens (tertiary/aromatic N) is 1. The molecule has 3 heteroatoms. The first-order valence-electron chi connectivity index (χ1n) is 5.18. The third kappa shape index (κ3) is 3.84. The zero-order valence-electron chi connectivity index (χ0n) is 8.63. The predicted octanol–water partition coefficient (Wildman–Crippen LogP) is 1.97. The molecule has 1 saturated heterocycles. The molecule has 1 aliphatic rings. The van der Waals surface area contributed by atoms with Crippen molar-refractivity contribution in [2.75, 3.05) is 32.8 Å². The van der Waals surface area contributed by atoms with Crippen LogP contribution in [0.5, 0.6) is 0 Å². The molecular weight excluding hydrogens is 186 g/mol. The van der Waals surface area contributed by atoms with Crippen LogP contribution < -0.4 is 0 Å². The number of rotatable bonds is 4. The molecule has 2 atom stereocenters. The van der Waals surface area contributed by atoms with E-state index in [1.165, 1.54) is 0 Å². The van der Waals surface area contributed by atoms with Crippen LogP contribution in [0.25, 0.3) is 0 Å². The molecule has 78 valence electrons. The number of alkyl halides is 1. The summed E-state index contributed by atoms with van der Waals surface area (Å²) in [7, 11) is 0. The van der Waals surface area contributed by atoms with Gasteiger partial charge in [-0.05, 0) is 25.8 Å². The molecule has 0 spiro atoms. The van der Waals surface area contributed by atoms with Crippen molar-refractivity contribution in [2.45, 2.75) is 25.6 Å². The molecule has 0 saturated carbocycles. The zero-order chi connectivity index (χ0) is 9.68. The van der Waals surface area contributed by atoms with Gasteiger partial charge in [0.25, 0.3) is 0 Å². The smallest absolute Gasteiger partial charge is 0.0593 e. The lowest BCUT2D eigenvalue weighted by molar-refractivity contribution is 0.0954. The van der Waals surface area contributed by atoms with Crippen LogP contribution in [-0.2, 0) is 4.74 Å². The summed E-state index contributed by atoms with van der Waals surface area (Å²) in [5, 5.41) is 0.378. The highest BCUT2D eigenvalue weighted by atomic mass is 35.5. The largest absolute Gasteiger partial charge is 0.380 e. The van der Waals surface area contributed by atoms with Crippen molar-refractivity contribution >= 4 is 11.6 Å². The van der Waals surface area contributed by atoms with Crippen molar-refractivity contribution in [3.8, 4) is 0 Å². The highest BCUT2D eigenvalue weighted by Crippen LogP contribution is 2.21. The maximum Gasteiger partial charge on any atom is 0.0593 e. The molecule has 0 N–H and O–H groups in total. The van der Waals surface area contributed by atoms with E-state index in [0.717, 1.165) is 39.3 Å². The first-order chi connectivity index (χ1) is 6.24. The Morgan fingerprint density at radius 3 is 2.92 bits per heavy atom. The summed E-state index contributed by atoms with van der Waals surface area (Å²) >= 11 is 6.14. The van der Waals surface area contributed by atoms with E-state index in [1.807, 2.05) is 6.92 Å². The Morgan fingerprint density at radius 2 is 2.31 bits per heavy atom. The second-order valence-electron chi connectivity index (χ2n) is 3.78. The molecule has 13 heavy (non-hydrogen) atoms. The van der Waals surface area contributed by atoms with Crippen LogP contribution in [-0.4, -0.2) is 43.1 Å². The summed E-state index contributed by atoms with van der Waals surface area (Å²) in [6.07, 6.45) is 1.12. The molecule has 2 unspecified atom stereocenters. The Morgan fingerprint density at radius 1 is 1.54 bits per heavy atom. The van der Waals surface area contributed by atoms with E-state index in [0.29, 0.717) is 11.3 Å². The minimum atomic E-state index is 0.378. The first kappa shape index (κ1) is 11.3. The molecule has 2 nitrogen and oxygen atoms in total. The third-order valence-corrected chi connectivity index (χ3v) is 3.29. The summed E-state index contributed by atoms with van der Waals surface area (Å²) in [5.41, 5.74) is 0. The molecule has 0 aromatic rings. The van der Waals surface area contributed by atoms with Gasteiger partial charge in [-0.15, -0.1) is 11.6 Å². The number of halogens is 1. The maximum atomic E-state index is 6.14. The van der Waals surface area contributed by atoms with Crippen LogP contribution >= 0.6 is 11.6 Å². The van der Waals surface area contributed by atoms with Crippen LogP contribution in [0.15, 0.2) is 0 Å². The minimum absolute atomic E-state index is 0.378. The molecular formula is C10H20ClNO. The molecule has 1 rings (SSSR count). The summed E-state index contributed by atoms with van der Waals surface area (Å²) in [5.74, 6) is 0.622. The first-order valence-corrected chi connectivity index (χ1v) is 5.61. The molecule has 0 aromatic carbocycles. The zero-order valence-corrected chi connectivity index (χ0v) is 9.39. The standard InChI is InChI=1S/C10H20ClNO/c1-3-13-7-6-12-5-4-10(11)9(2)8-12/h9-10H,3-8H2,1-2H3. The second kappa shape index (κ2) is 5.84. The van der Waals surface area contributed by atoms with Crippen molar-refractivity contribution in [3.63, 3.8) is 0 Å². The van der Waals surface area contributed by atoms with Crippen molar-refractivity contribution in [3.05, 3.63) is 0 Å². The summed E-state index contributed by atoms with van der Waals surface area (Å²) in [4.78, 5) is 2.44. The Kier molecular flexibility index (Phi) is 5.07. The molecule has 0 radical (unpaired) electrons. The highest BCUT2D eigenvalue weighted by Gasteiger charge is 2.23. The van der Waals surface area contributed by atoms with Gasteiger partial charge in [0.2, 0.25) is 0 Å². The molecule has 1 fully saturated rings. The minimum Gasteiger partial charge on any atom is -0.380 e. The Balaban J connectivity index is 2.14. The highest BCUT2D eigenvalue weighted by molar-refractivity contribution is 6.20. The number of piperidine rings is 1. The molecule has 0 aliphatic carbocycles.